The molecular formula is C25H66O5. The predicted octanol–water partition coefficient (Wildman–Crippen LogP) is 8.44. The molecule has 0 atom stereocenters. The molecule has 30 heavy (non-hydrogen) atoms. The van der Waals surface area contributed by atoms with Crippen molar-refractivity contribution in [2.75, 3.05) is 46.8 Å². The van der Waals surface area contributed by atoms with Crippen LogP contribution in [-0.4, -0.2) is 52.7 Å². The lowest BCUT2D eigenvalue weighted by Crippen LogP contribution is -2.07. The average Bonchev–Trinajstić information content (AvgIpc) is 2.52. The molecule has 0 fully saturated rings. The zero-order valence-corrected chi connectivity index (χ0v) is 14.4. The van der Waals surface area contributed by atoms with Crippen molar-refractivity contribution in [2.45, 2.75) is 118 Å². The third kappa shape index (κ3) is 50.7. The SMILES string of the molecule is C.C.C.C.C.C.C.C.CCCOCCCOCCCCOC(=O)CCCCCOC. The van der Waals surface area contributed by atoms with Crippen molar-refractivity contribution >= 4 is 5.97 Å². The highest BCUT2D eigenvalue weighted by Gasteiger charge is 2.02. The maximum Gasteiger partial charge on any atom is 0.305 e. The molecule has 0 aliphatic carbocycles. The summed E-state index contributed by atoms with van der Waals surface area (Å²) in [6.45, 7) is 6.44. The highest BCUT2D eigenvalue weighted by atomic mass is 16.5. The number of esters is 1. The van der Waals surface area contributed by atoms with Crippen molar-refractivity contribution in [3.05, 3.63) is 0 Å². The molecule has 5 heteroatoms. The summed E-state index contributed by atoms with van der Waals surface area (Å²) >= 11 is 0. The van der Waals surface area contributed by atoms with E-state index in [0.717, 1.165) is 78.0 Å². The Morgan fingerprint density at radius 2 is 1.03 bits per heavy atom. The fourth-order valence-electron chi connectivity index (χ4n) is 1.87. The fraction of sp³-hybridized carbons (Fsp3) is 0.960. The Hall–Kier alpha value is -0.650. The van der Waals surface area contributed by atoms with Crippen LogP contribution in [0, 0.1) is 0 Å². The van der Waals surface area contributed by atoms with E-state index >= 15 is 0 Å². The number of carbonyl (C=O) groups excluding carboxylic acids is 1. The number of unbranched alkanes of at least 4 members (excludes halogenated alkanes) is 3. The second-order valence-electron chi connectivity index (χ2n) is 5.31. The van der Waals surface area contributed by atoms with Gasteiger partial charge in [-0.1, -0.05) is 72.8 Å². The van der Waals surface area contributed by atoms with E-state index in [-0.39, 0.29) is 65.4 Å². The van der Waals surface area contributed by atoms with E-state index in [1.807, 2.05) is 0 Å². The largest absolute Gasteiger partial charge is 0.466 e. The van der Waals surface area contributed by atoms with Crippen molar-refractivity contribution in [1.82, 2.24) is 0 Å². The highest BCUT2D eigenvalue weighted by molar-refractivity contribution is 5.69. The molecule has 5 nitrogen and oxygen atoms in total. The predicted molar refractivity (Wildman–Crippen MR) is 141 cm³/mol. The molecule has 0 aliphatic rings. The first-order valence-corrected chi connectivity index (χ1v) is 8.61. The second-order valence-corrected chi connectivity index (χ2v) is 5.31. The van der Waals surface area contributed by atoms with Crippen LogP contribution in [-0.2, 0) is 23.7 Å². The molecule has 0 rings (SSSR count). The summed E-state index contributed by atoms with van der Waals surface area (Å²) in [7, 11) is 1.69. The van der Waals surface area contributed by atoms with Crippen molar-refractivity contribution in [3.8, 4) is 0 Å². The smallest absolute Gasteiger partial charge is 0.305 e. The Kier molecular flexibility index (Phi) is 97.2. The van der Waals surface area contributed by atoms with Crippen LogP contribution in [0.5, 0.6) is 0 Å². The monoisotopic (exact) mass is 446 g/mol. The summed E-state index contributed by atoms with van der Waals surface area (Å²) in [5, 5.41) is 0. The number of carbonyl (C=O) groups is 1. The first-order valence-electron chi connectivity index (χ1n) is 8.61. The molecule has 0 heterocycles. The molecule has 0 aromatic rings. The lowest BCUT2D eigenvalue weighted by Gasteiger charge is -2.06. The first-order chi connectivity index (χ1) is 10.8. The van der Waals surface area contributed by atoms with Crippen molar-refractivity contribution in [2.24, 2.45) is 0 Å². The van der Waals surface area contributed by atoms with Crippen molar-refractivity contribution in [1.29, 1.82) is 0 Å². The summed E-state index contributed by atoms with van der Waals surface area (Å²) in [5.41, 5.74) is 0. The molecule has 196 valence electrons. The zero-order chi connectivity index (χ0) is 16.3. The van der Waals surface area contributed by atoms with Crippen LogP contribution in [0.25, 0.3) is 0 Å². The fourth-order valence-corrected chi connectivity index (χ4v) is 1.87. The summed E-state index contributed by atoms with van der Waals surface area (Å²) in [6, 6.07) is 0. The number of ether oxygens (including phenoxy) is 4. The number of hydrogen-bond donors (Lipinski definition) is 0. The van der Waals surface area contributed by atoms with Gasteiger partial charge >= 0.3 is 5.97 Å². The summed E-state index contributed by atoms with van der Waals surface area (Å²) < 4.78 is 21.0. The Morgan fingerprint density at radius 1 is 0.567 bits per heavy atom. The van der Waals surface area contributed by atoms with Gasteiger partial charge in [-0.2, -0.15) is 0 Å². The van der Waals surface area contributed by atoms with Crippen molar-refractivity contribution < 1.29 is 23.7 Å². The van der Waals surface area contributed by atoms with Gasteiger partial charge in [0, 0.05) is 46.6 Å². The van der Waals surface area contributed by atoms with Crippen LogP contribution in [0.3, 0.4) is 0 Å². The van der Waals surface area contributed by atoms with E-state index in [1.54, 1.807) is 7.11 Å². The van der Waals surface area contributed by atoms with Gasteiger partial charge in [0.1, 0.15) is 0 Å². The maximum absolute atomic E-state index is 11.4. The Morgan fingerprint density at radius 3 is 1.57 bits per heavy atom. The Balaban J connectivity index is -0.0000000787. The van der Waals surface area contributed by atoms with Gasteiger partial charge < -0.3 is 18.9 Å². The molecule has 0 spiro atoms. The standard InChI is InChI=1S/C17H34O5.8CH4/c1-3-11-20-14-9-15-21-13-7-8-16-22-17(18)10-5-4-6-12-19-2;;;;;;;;/h3-16H2,1-2H3;8*1H4. The topological polar surface area (TPSA) is 54.0 Å². The highest BCUT2D eigenvalue weighted by Crippen LogP contribution is 2.02. The molecule has 0 aromatic heterocycles. The van der Waals surface area contributed by atoms with E-state index in [9.17, 15) is 4.79 Å². The van der Waals surface area contributed by atoms with Gasteiger partial charge in [-0.15, -0.1) is 0 Å². The molecule has 0 radical (unpaired) electrons. The van der Waals surface area contributed by atoms with E-state index in [4.69, 9.17) is 18.9 Å². The lowest BCUT2D eigenvalue weighted by atomic mass is 10.2. The number of rotatable bonds is 17. The summed E-state index contributed by atoms with van der Waals surface area (Å²) in [5.74, 6) is -0.0913. The van der Waals surface area contributed by atoms with Gasteiger partial charge in [-0.25, -0.2) is 0 Å². The van der Waals surface area contributed by atoms with E-state index in [0.29, 0.717) is 13.0 Å². The minimum Gasteiger partial charge on any atom is -0.466 e. The molecule has 0 saturated carbocycles. The molecule has 0 aliphatic heterocycles. The van der Waals surface area contributed by atoms with Gasteiger partial charge in [-0.05, 0) is 38.5 Å². The van der Waals surface area contributed by atoms with E-state index in [1.165, 1.54) is 0 Å². The van der Waals surface area contributed by atoms with Gasteiger partial charge in [0.2, 0.25) is 0 Å². The Bertz CT molecular complexity index is 236. The van der Waals surface area contributed by atoms with E-state index in [2.05, 4.69) is 6.92 Å². The number of methoxy groups -OCH3 is 1. The molecule has 0 bridgehead atoms. The molecule has 0 aromatic carbocycles. The molecule has 0 unspecified atom stereocenters. The molecule has 0 N–H and O–H groups in total. The minimum atomic E-state index is -0.0913. The Labute approximate surface area is 194 Å². The van der Waals surface area contributed by atoms with Gasteiger partial charge in [0.15, 0.2) is 0 Å². The molecule has 0 amide bonds. The van der Waals surface area contributed by atoms with Crippen LogP contribution >= 0.6 is 0 Å². The van der Waals surface area contributed by atoms with Gasteiger partial charge in [0.05, 0.1) is 6.61 Å². The van der Waals surface area contributed by atoms with Crippen LogP contribution < -0.4 is 0 Å². The first kappa shape index (κ1) is 57.0. The quantitative estimate of drug-likeness (QED) is 0.166. The normalized spacial score (nSPS) is 7.93. The van der Waals surface area contributed by atoms with E-state index < -0.39 is 0 Å². The lowest BCUT2D eigenvalue weighted by molar-refractivity contribution is -0.144. The average molecular weight is 447 g/mol. The minimum absolute atomic E-state index is 0. The third-order valence-corrected chi connectivity index (χ3v) is 3.10. The van der Waals surface area contributed by atoms with Crippen LogP contribution in [0.4, 0.5) is 0 Å². The summed E-state index contributed by atoms with van der Waals surface area (Å²) in [4.78, 5) is 11.4. The number of hydrogen-bond acceptors (Lipinski definition) is 5. The third-order valence-electron chi connectivity index (χ3n) is 3.10. The van der Waals surface area contributed by atoms with Gasteiger partial charge in [-0.3, -0.25) is 4.79 Å². The van der Waals surface area contributed by atoms with Gasteiger partial charge in [0.25, 0.3) is 0 Å². The van der Waals surface area contributed by atoms with Crippen LogP contribution in [0.1, 0.15) is 118 Å². The van der Waals surface area contributed by atoms with Crippen LogP contribution in [0.15, 0.2) is 0 Å². The molecular weight excluding hydrogens is 380 g/mol. The summed E-state index contributed by atoms with van der Waals surface area (Å²) in [6.07, 6.45) is 7.20. The second kappa shape index (κ2) is 51.2. The zero-order valence-electron chi connectivity index (χ0n) is 14.4. The maximum atomic E-state index is 11.4. The van der Waals surface area contributed by atoms with Crippen molar-refractivity contribution in [3.63, 3.8) is 0 Å². The molecule has 0 saturated heterocycles. The van der Waals surface area contributed by atoms with Crippen LogP contribution in [0.2, 0.25) is 0 Å².